The van der Waals surface area contributed by atoms with E-state index in [1.165, 1.54) is 12.1 Å². The first-order chi connectivity index (χ1) is 7.22. The highest BCUT2D eigenvalue weighted by Gasteiger charge is 2.27. The van der Waals surface area contributed by atoms with Gasteiger partial charge in [-0.3, -0.25) is 0 Å². The molecule has 1 saturated heterocycles. The topological polar surface area (TPSA) is 12.5 Å². The molecule has 4 heteroatoms. The number of methoxy groups -OCH3 is 1. The van der Waals surface area contributed by atoms with Gasteiger partial charge < -0.3 is 4.74 Å². The summed E-state index contributed by atoms with van der Waals surface area (Å²) in [7, 11) is 1.59. The smallest absolute Gasteiger partial charge is 0.123 e. The summed E-state index contributed by atoms with van der Waals surface area (Å²) >= 11 is 6.05. The van der Waals surface area contributed by atoms with E-state index in [1.54, 1.807) is 17.6 Å². The molecule has 2 rings (SSSR count). The third-order valence-corrected chi connectivity index (χ3v) is 3.14. The monoisotopic (exact) mass is 229 g/mol. The van der Waals surface area contributed by atoms with Crippen molar-refractivity contribution >= 4 is 11.8 Å². The minimum absolute atomic E-state index is 0.0670. The first-order valence-corrected chi connectivity index (χ1v) is 5.32. The van der Waals surface area contributed by atoms with Crippen molar-refractivity contribution in [2.75, 3.05) is 13.7 Å². The van der Waals surface area contributed by atoms with Gasteiger partial charge in [0.05, 0.1) is 13.2 Å². The lowest BCUT2D eigenvalue weighted by molar-refractivity contribution is 0.378. The summed E-state index contributed by atoms with van der Waals surface area (Å²) in [5.74, 6) is 0.455. The van der Waals surface area contributed by atoms with Crippen LogP contribution in [-0.4, -0.2) is 18.1 Å². The van der Waals surface area contributed by atoms with Crippen molar-refractivity contribution in [3.8, 4) is 5.75 Å². The van der Waals surface area contributed by atoms with Gasteiger partial charge in [-0.25, -0.2) is 8.81 Å². The molecule has 1 aromatic carbocycles. The van der Waals surface area contributed by atoms with Gasteiger partial charge in [0, 0.05) is 12.1 Å². The largest absolute Gasteiger partial charge is 0.496 e. The molecule has 1 heterocycles. The average molecular weight is 230 g/mol. The van der Waals surface area contributed by atoms with Crippen LogP contribution in [0.3, 0.4) is 0 Å². The summed E-state index contributed by atoms with van der Waals surface area (Å²) in [5.41, 5.74) is 0.838. The maximum atomic E-state index is 13.1. The number of ether oxygens (including phenoxy) is 1. The predicted molar refractivity (Wildman–Crippen MR) is 57.5 cm³/mol. The second kappa shape index (κ2) is 4.37. The summed E-state index contributed by atoms with van der Waals surface area (Å²) in [4.78, 5) is 0. The number of hydrogen-bond acceptors (Lipinski definition) is 2. The van der Waals surface area contributed by atoms with Gasteiger partial charge in [-0.05, 0) is 42.8 Å². The second-order valence-corrected chi connectivity index (χ2v) is 4.10. The molecule has 82 valence electrons. The fourth-order valence-corrected chi connectivity index (χ4v) is 2.33. The minimum atomic E-state index is -0.247. The maximum Gasteiger partial charge on any atom is 0.123 e. The quantitative estimate of drug-likeness (QED) is 0.723. The van der Waals surface area contributed by atoms with Crippen molar-refractivity contribution in [1.82, 2.24) is 4.42 Å². The predicted octanol–water partition coefficient (Wildman–Crippen LogP) is 3.13. The van der Waals surface area contributed by atoms with Crippen molar-refractivity contribution < 1.29 is 9.13 Å². The molecule has 0 saturated carbocycles. The van der Waals surface area contributed by atoms with Crippen LogP contribution in [-0.2, 0) is 0 Å². The van der Waals surface area contributed by atoms with Crippen LogP contribution in [0.25, 0.3) is 0 Å². The van der Waals surface area contributed by atoms with Crippen molar-refractivity contribution in [2.45, 2.75) is 18.9 Å². The number of nitrogens with zero attached hydrogens (tertiary/aromatic N) is 1. The number of hydrogen-bond donors (Lipinski definition) is 0. The van der Waals surface area contributed by atoms with Gasteiger partial charge in [0.1, 0.15) is 11.6 Å². The Bertz CT molecular complexity index is 358. The fraction of sp³-hybridized carbons (Fsp3) is 0.455. The summed E-state index contributed by atoms with van der Waals surface area (Å²) in [6, 6.07) is 4.62. The van der Waals surface area contributed by atoms with Crippen LogP contribution in [0.15, 0.2) is 18.2 Å². The molecule has 1 aromatic rings. The van der Waals surface area contributed by atoms with E-state index < -0.39 is 0 Å². The maximum absolute atomic E-state index is 13.1. The van der Waals surface area contributed by atoms with Crippen molar-refractivity contribution in [3.05, 3.63) is 29.6 Å². The van der Waals surface area contributed by atoms with E-state index >= 15 is 0 Å². The molecule has 1 atom stereocenters. The van der Waals surface area contributed by atoms with E-state index in [0.29, 0.717) is 5.75 Å². The molecule has 1 aliphatic heterocycles. The molecule has 0 aliphatic carbocycles. The molecule has 15 heavy (non-hydrogen) atoms. The first-order valence-electron chi connectivity index (χ1n) is 4.98. The lowest BCUT2D eigenvalue weighted by Crippen LogP contribution is -2.12. The zero-order valence-corrected chi connectivity index (χ0v) is 9.30. The van der Waals surface area contributed by atoms with Crippen LogP contribution < -0.4 is 4.74 Å². The van der Waals surface area contributed by atoms with Crippen LogP contribution in [0.4, 0.5) is 4.39 Å². The van der Waals surface area contributed by atoms with Gasteiger partial charge in [0.15, 0.2) is 0 Å². The average Bonchev–Trinajstić information content (AvgIpc) is 2.64. The van der Waals surface area contributed by atoms with Gasteiger partial charge in [-0.1, -0.05) is 0 Å². The van der Waals surface area contributed by atoms with Gasteiger partial charge in [-0.15, -0.1) is 0 Å². The Morgan fingerprint density at radius 1 is 1.53 bits per heavy atom. The Morgan fingerprint density at radius 3 is 2.93 bits per heavy atom. The Labute approximate surface area is 93.7 Å². The van der Waals surface area contributed by atoms with Gasteiger partial charge in [-0.2, -0.15) is 0 Å². The summed E-state index contributed by atoms with van der Waals surface area (Å²) < 4.78 is 20.1. The molecular weight excluding hydrogens is 217 g/mol. The molecule has 0 amide bonds. The minimum Gasteiger partial charge on any atom is -0.496 e. The normalized spacial score (nSPS) is 21.9. The number of rotatable bonds is 2. The molecular formula is C11H13ClFNO. The lowest BCUT2D eigenvalue weighted by atomic mass is 10.0. The molecule has 1 fully saturated rings. The van der Waals surface area contributed by atoms with Crippen LogP contribution in [0.5, 0.6) is 5.75 Å². The third-order valence-electron chi connectivity index (χ3n) is 2.74. The van der Waals surface area contributed by atoms with E-state index in [0.717, 1.165) is 24.9 Å². The van der Waals surface area contributed by atoms with Crippen molar-refractivity contribution in [3.63, 3.8) is 0 Å². The Hall–Kier alpha value is -0.800. The summed E-state index contributed by atoms with van der Waals surface area (Å²) in [6.45, 7) is 0.839. The Balaban J connectivity index is 2.36. The Kier molecular flexibility index (Phi) is 3.12. The molecule has 0 bridgehead atoms. The lowest BCUT2D eigenvalue weighted by Gasteiger charge is -2.19. The van der Waals surface area contributed by atoms with Gasteiger partial charge in [0.2, 0.25) is 0 Å². The van der Waals surface area contributed by atoms with Crippen LogP contribution >= 0.6 is 11.8 Å². The van der Waals surface area contributed by atoms with Gasteiger partial charge >= 0.3 is 0 Å². The third kappa shape index (κ3) is 2.08. The standard InChI is InChI=1S/C11H13ClFNO/c1-15-11-5-4-8(13)7-9(11)10-3-2-6-14(10)12/h4-5,7,10H,2-3,6H2,1H3/t10-/m1/s1. The SMILES string of the molecule is COc1ccc(F)cc1[C@H]1CCCN1Cl. The number of benzene rings is 1. The van der Waals surface area contributed by atoms with Gasteiger partial charge in [0.25, 0.3) is 0 Å². The molecule has 0 unspecified atom stereocenters. The second-order valence-electron chi connectivity index (χ2n) is 3.67. The van der Waals surface area contributed by atoms with Crippen LogP contribution in [0, 0.1) is 5.82 Å². The van der Waals surface area contributed by atoms with E-state index in [-0.39, 0.29) is 11.9 Å². The molecule has 0 aromatic heterocycles. The molecule has 0 spiro atoms. The molecule has 1 aliphatic rings. The summed E-state index contributed by atoms with van der Waals surface area (Å²) in [6.07, 6.45) is 1.98. The van der Waals surface area contributed by atoms with Crippen molar-refractivity contribution in [1.29, 1.82) is 0 Å². The molecule has 2 nitrogen and oxygen atoms in total. The highest BCUT2D eigenvalue weighted by atomic mass is 35.5. The zero-order valence-electron chi connectivity index (χ0n) is 8.54. The first kappa shape index (κ1) is 10.7. The van der Waals surface area contributed by atoms with E-state index in [1.807, 2.05) is 0 Å². The highest BCUT2D eigenvalue weighted by molar-refractivity contribution is 6.13. The number of halogens is 2. The van der Waals surface area contributed by atoms with E-state index in [2.05, 4.69) is 0 Å². The van der Waals surface area contributed by atoms with Crippen LogP contribution in [0.2, 0.25) is 0 Å². The van der Waals surface area contributed by atoms with Crippen molar-refractivity contribution in [2.24, 2.45) is 0 Å². The highest BCUT2D eigenvalue weighted by Crippen LogP contribution is 2.38. The molecule has 0 N–H and O–H groups in total. The molecule has 0 radical (unpaired) electrons. The van der Waals surface area contributed by atoms with Crippen LogP contribution in [0.1, 0.15) is 24.4 Å². The van der Waals surface area contributed by atoms with E-state index in [9.17, 15) is 4.39 Å². The Morgan fingerprint density at radius 2 is 2.33 bits per heavy atom. The fourth-order valence-electron chi connectivity index (χ4n) is 2.00. The zero-order chi connectivity index (χ0) is 10.8. The summed E-state index contributed by atoms with van der Waals surface area (Å²) in [5, 5.41) is 0. The van der Waals surface area contributed by atoms with E-state index in [4.69, 9.17) is 16.5 Å².